The largest absolute Gasteiger partial charge is 0.497 e. The summed E-state index contributed by atoms with van der Waals surface area (Å²) in [6.07, 6.45) is 1.10. The van der Waals surface area contributed by atoms with Crippen molar-refractivity contribution in [1.82, 2.24) is 4.90 Å². The lowest BCUT2D eigenvalue weighted by atomic mass is 9.72. The SMILES string of the molecule is [2H]c1c([2H])c(C(C2(O)CCCCC2)C([2H])([2H])N(C([2H])([2H])[2H])C([2H])([2H])[2H])c([2H])c([2H])c1OC([2H])([2H])[2H]. The molecule has 1 unspecified atom stereocenters. The fraction of sp³-hybridized carbons (Fsp3) is 0.647. The third kappa shape index (κ3) is 3.53. The van der Waals surface area contributed by atoms with Gasteiger partial charge in [0, 0.05) is 23.4 Å². The highest BCUT2D eigenvalue weighted by Gasteiger charge is 2.38. The lowest BCUT2D eigenvalue weighted by Gasteiger charge is -2.40. The Kier molecular flexibility index (Phi) is 1.65. The molecule has 1 N–H and O–H groups in total. The van der Waals surface area contributed by atoms with Crippen molar-refractivity contribution in [2.24, 2.45) is 0 Å². The number of likely N-dealkylation sites (N-methyl/N-ethyl adjacent to an activating group) is 1. The molecule has 3 heteroatoms. The summed E-state index contributed by atoms with van der Waals surface area (Å²) < 4.78 is 123. The van der Waals surface area contributed by atoms with Crippen LogP contribution in [0.15, 0.2) is 24.2 Å². The number of hydrogen-bond donors (Lipinski definition) is 1. The molecule has 0 saturated heterocycles. The molecule has 2 rings (SSSR count). The van der Waals surface area contributed by atoms with Crippen LogP contribution in [-0.4, -0.2) is 43.1 Å². The van der Waals surface area contributed by atoms with Crippen LogP contribution in [-0.2, 0) is 0 Å². The van der Waals surface area contributed by atoms with Crippen LogP contribution in [0.1, 0.15) is 64.1 Å². The Bertz CT molecular complexity index is 888. The van der Waals surface area contributed by atoms with Gasteiger partial charge in [0.1, 0.15) is 5.75 Å². The van der Waals surface area contributed by atoms with E-state index in [1.54, 1.807) is 0 Å². The number of methoxy groups -OCH3 is 1. The molecule has 0 aromatic heterocycles. The van der Waals surface area contributed by atoms with Gasteiger partial charge in [-0.2, -0.15) is 0 Å². The van der Waals surface area contributed by atoms with E-state index in [4.69, 9.17) is 20.6 Å². The van der Waals surface area contributed by atoms with Crippen molar-refractivity contribution in [3.63, 3.8) is 0 Å². The molecule has 1 fully saturated rings. The van der Waals surface area contributed by atoms with Crippen molar-refractivity contribution in [2.45, 2.75) is 43.6 Å². The topological polar surface area (TPSA) is 32.7 Å². The Balaban J connectivity index is 2.94. The monoisotopic (exact) mass is 292 g/mol. The van der Waals surface area contributed by atoms with E-state index in [1.165, 1.54) is 0 Å². The molecule has 1 saturated carbocycles. The molecule has 112 valence electrons. The van der Waals surface area contributed by atoms with Crippen LogP contribution in [0.4, 0.5) is 0 Å². The highest BCUT2D eigenvalue weighted by molar-refractivity contribution is 5.31. The van der Waals surface area contributed by atoms with Gasteiger partial charge in [0.2, 0.25) is 0 Å². The minimum atomic E-state index is -3.54. The standard InChI is InChI=1S/C17H27NO2/c1-18(2)13-16(17(19)11-5-4-6-12-17)14-7-9-15(20-3)10-8-14/h7-10,16,19H,4-6,11-13H2,1-3H3/i1D3,2D3,3D3,7D,8D,9D,10D,13D2. The second kappa shape index (κ2) is 6.59. The van der Waals surface area contributed by atoms with Gasteiger partial charge in [-0.3, -0.25) is 0 Å². The van der Waals surface area contributed by atoms with Gasteiger partial charge >= 0.3 is 0 Å². The fourth-order valence-electron chi connectivity index (χ4n) is 2.54. The summed E-state index contributed by atoms with van der Waals surface area (Å²) in [5.74, 6) is -3.10. The van der Waals surface area contributed by atoms with Crippen LogP contribution in [0.25, 0.3) is 0 Å². The first-order valence-electron chi connectivity index (χ1n) is 13.9. The lowest BCUT2D eigenvalue weighted by Crippen LogP contribution is -2.42. The van der Waals surface area contributed by atoms with Crippen molar-refractivity contribution >= 4 is 0 Å². The smallest absolute Gasteiger partial charge is 0.118 e. The van der Waals surface area contributed by atoms with Gasteiger partial charge in [-0.1, -0.05) is 31.3 Å². The molecule has 0 aliphatic heterocycles. The zero-order valence-corrected chi connectivity index (χ0v) is 10.9. The van der Waals surface area contributed by atoms with Crippen LogP contribution < -0.4 is 4.74 Å². The summed E-state index contributed by atoms with van der Waals surface area (Å²) in [4.78, 5) is -0.386. The highest BCUT2D eigenvalue weighted by Crippen LogP contribution is 2.40. The van der Waals surface area contributed by atoms with E-state index in [9.17, 15) is 5.11 Å². The molecule has 3 nitrogen and oxygen atoms in total. The van der Waals surface area contributed by atoms with Crippen LogP contribution in [0.3, 0.4) is 0 Å². The number of ether oxygens (including phenoxy) is 1. The zero-order chi connectivity index (χ0) is 27.4. The van der Waals surface area contributed by atoms with Crippen molar-refractivity contribution in [2.75, 3.05) is 27.5 Å². The number of aliphatic hydroxyl groups is 1. The zero-order valence-electron chi connectivity index (χ0n) is 25.9. The Morgan fingerprint density at radius 1 is 1.35 bits per heavy atom. The molecule has 0 radical (unpaired) electrons. The van der Waals surface area contributed by atoms with E-state index < -0.39 is 74.5 Å². The first-order valence-corrected chi connectivity index (χ1v) is 6.38. The molecule has 0 amide bonds. The normalized spacial score (nSPS) is 33.4. The minimum Gasteiger partial charge on any atom is -0.497 e. The van der Waals surface area contributed by atoms with Gasteiger partial charge in [0.25, 0.3) is 0 Å². The van der Waals surface area contributed by atoms with Crippen LogP contribution in [0, 0.1) is 0 Å². The van der Waals surface area contributed by atoms with E-state index in [1.807, 2.05) is 0 Å². The summed E-state index contributed by atoms with van der Waals surface area (Å²) in [5, 5.41) is 11.5. The summed E-state index contributed by atoms with van der Waals surface area (Å²) >= 11 is 0. The van der Waals surface area contributed by atoms with Crippen molar-refractivity contribution in [3.05, 3.63) is 29.7 Å². The van der Waals surface area contributed by atoms with Crippen molar-refractivity contribution in [1.29, 1.82) is 0 Å². The third-order valence-corrected chi connectivity index (χ3v) is 3.53. The molecule has 0 spiro atoms. The number of nitrogens with zero attached hydrogens (tertiary/aromatic N) is 1. The van der Waals surface area contributed by atoms with Crippen molar-refractivity contribution < 1.29 is 30.4 Å². The van der Waals surface area contributed by atoms with E-state index in [0.29, 0.717) is 19.3 Å². The van der Waals surface area contributed by atoms with Crippen LogP contribution >= 0.6 is 0 Å². The molecule has 1 aromatic rings. The summed E-state index contributed by atoms with van der Waals surface area (Å²) in [6, 6.07) is -3.94. The average molecular weight is 292 g/mol. The maximum atomic E-state index is 11.5. The molecule has 20 heavy (non-hydrogen) atoms. The first kappa shape index (κ1) is 4.99. The Hall–Kier alpha value is -1.06. The first-order chi connectivity index (χ1) is 15.6. The molecule has 1 aliphatic carbocycles. The lowest BCUT2D eigenvalue weighted by molar-refractivity contribution is -0.0277. The van der Waals surface area contributed by atoms with Crippen molar-refractivity contribution in [3.8, 4) is 5.75 Å². The Labute approximate surface area is 143 Å². The number of hydrogen-bond acceptors (Lipinski definition) is 3. The predicted octanol–water partition coefficient (Wildman–Crippen LogP) is 3.04. The van der Waals surface area contributed by atoms with Gasteiger partial charge in [-0.05, 0) is 44.4 Å². The van der Waals surface area contributed by atoms with E-state index in [0.717, 1.165) is 0 Å². The molecule has 0 bridgehead atoms. The molecule has 1 aromatic carbocycles. The van der Waals surface area contributed by atoms with E-state index in [-0.39, 0.29) is 17.7 Å². The summed E-state index contributed by atoms with van der Waals surface area (Å²) in [5.41, 5.74) is -2.90. The minimum absolute atomic E-state index is 0.125. The van der Waals surface area contributed by atoms with Crippen LogP contribution in [0.2, 0.25) is 0 Å². The number of rotatable bonds is 5. The molecule has 0 heterocycles. The molecular weight excluding hydrogens is 250 g/mol. The predicted molar refractivity (Wildman–Crippen MR) is 82.3 cm³/mol. The maximum Gasteiger partial charge on any atom is 0.118 e. The molecular formula is C17H27NO2. The summed E-state index contributed by atoms with van der Waals surface area (Å²) in [7, 11) is -3.14. The third-order valence-electron chi connectivity index (χ3n) is 3.53. The highest BCUT2D eigenvalue weighted by atomic mass is 16.5. The van der Waals surface area contributed by atoms with Gasteiger partial charge in [-0.25, -0.2) is 0 Å². The van der Waals surface area contributed by atoms with Gasteiger partial charge in [0.05, 0.1) is 22.2 Å². The second-order valence-corrected chi connectivity index (χ2v) is 4.91. The molecule has 1 aliphatic rings. The number of benzene rings is 1. The van der Waals surface area contributed by atoms with Crippen LogP contribution in [0.5, 0.6) is 5.75 Å². The van der Waals surface area contributed by atoms with Gasteiger partial charge < -0.3 is 14.7 Å². The van der Waals surface area contributed by atoms with Gasteiger partial charge in [-0.15, -0.1) is 0 Å². The molecule has 1 atom stereocenters. The maximum absolute atomic E-state index is 11.5. The average Bonchev–Trinajstić information content (AvgIpc) is 2.63. The van der Waals surface area contributed by atoms with E-state index >= 15 is 0 Å². The Morgan fingerprint density at radius 2 is 2.05 bits per heavy atom. The second-order valence-electron chi connectivity index (χ2n) is 4.91. The fourth-order valence-corrected chi connectivity index (χ4v) is 2.54. The van der Waals surface area contributed by atoms with Gasteiger partial charge in [0.15, 0.2) is 0 Å². The Morgan fingerprint density at radius 3 is 2.65 bits per heavy atom. The van der Waals surface area contributed by atoms with E-state index in [2.05, 4.69) is 4.74 Å². The summed E-state index contributed by atoms with van der Waals surface area (Å²) in [6.45, 7) is -10.5. The quantitative estimate of drug-likeness (QED) is 0.905.